The van der Waals surface area contributed by atoms with E-state index in [-0.39, 0.29) is 35.9 Å². The van der Waals surface area contributed by atoms with Gasteiger partial charge in [-0.25, -0.2) is 4.39 Å². The van der Waals surface area contributed by atoms with Gasteiger partial charge in [-0.3, -0.25) is 4.99 Å². The standard InChI is InChI=1S/C19H24FN3OS.HI/c1-14(2)24-17-9-7-16(8-10-17)23-19(21)22-11-12-25-13-15-5-3-4-6-18(15)20;/h3-10,14H,11-13H2,1-2H3,(H3,21,22,23);1H. The molecule has 2 aromatic carbocycles. The van der Waals surface area contributed by atoms with E-state index in [0.29, 0.717) is 23.8 Å². The number of guanidine groups is 1. The number of thioether (sulfide) groups is 1. The van der Waals surface area contributed by atoms with Crippen molar-refractivity contribution in [2.45, 2.75) is 25.7 Å². The number of anilines is 1. The van der Waals surface area contributed by atoms with Crippen LogP contribution in [0.15, 0.2) is 53.5 Å². The van der Waals surface area contributed by atoms with Crippen LogP contribution in [0.1, 0.15) is 19.4 Å². The average Bonchev–Trinajstić information content (AvgIpc) is 2.57. The minimum Gasteiger partial charge on any atom is -0.491 e. The van der Waals surface area contributed by atoms with Crippen LogP contribution in [0.4, 0.5) is 10.1 Å². The normalized spacial score (nSPS) is 11.2. The fourth-order valence-corrected chi connectivity index (χ4v) is 2.92. The largest absolute Gasteiger partial charge is 0.491 e. The molecule has 26 heavy (non-hydrogen) atoms. The molecule has 0 unspecified atom stereocenters. The topological polar surface area (TPSA) is 59.6 Å². The molecule has 0 aliphatic heterocycles. The van der Waals surface area contributed by atoms with Gasteiger partial charge in [0.15, 0.2) is 5.96 Å². The Labute approximate surface area is 175 Å². The van der Waals surface area contributed by atoms with Crippen molar-refractivity contribution in [2.75, 3.05) is 17.6 Å². The maximum Gasteiger partial charge on any atom is 0.193 e. The summed E-state index contributed by atoms with van der Waals surface area (Å²) >= 11 is 1.63. The van der Waals surface area contributed by atoms with Gasteiger partial charge in [0, 0.05) is 17.2 Å². The van der Waals surface area contributed by atoms with Gasteiger partial charge < -0.3 is 15.8 Å². The Morgan fingerprint density at radius 2 is 1.88 bits per heavy atom. The summed E-state index contributed by atoms with van der Waals surface area (Å²) in [5.74, 6) is 2.43. The number of ether oxygens (including phenoxy) is 1. The van der Waals surface area contributed by atoms with Crippen LogP contribution in [-0.4, -0.2) is 24.4 Å². The molecule has 0 amide bonds. The van der Waals surface area contributed by atoms with Gasteiger partial charge in [-0.15, -0.1) is 24.0 Å². The summed E-state index contributed by atoms with van der Waals surface area (Å²) in [5, 5.41) is 3.04. The first-order valence-electron chi connectivity index (χ1n) is 8.19. The molecule has 2 rings (SSSR count). The van der Waals surface area contributed by atoms with Crippen molar-refractivity contribution in [1.29, 1.82) is 0 Å². The third-order valence-electron chi connectivity index (χ3n) is 3.23. The molecule has 0 aliphatic rings. The molecular weight excluding hydrogens is 464 g/mol. The summed E-state index contributed by atoms with van der Waals surface area (Å²) in [7, 11) is 0. The molecule has 0 aliphatic carbocycles. The SMILES string of the molecule is CC(C)Oc1ccc(NC(N)=NCCSCc2ccccc2F)cc1.I. The molecule has 0 heterocycles. The second-order valence-electron chi connectivity index (χ2n) is 5.73. The summed E-state index contributed by atoms with van der Waals surface area (Å²) in [6.07, 6.45) is 0.146. The molecule has 0 radical (unpaired) electrons. The molecule has 3 N–H and O–H groups in total. The van der Waals surface area contributed by atoms with Gasteiger partial charge in [0.2, 0.25) is 0 Å². The fourth-order valence-electron chi connectivity index (χ4n) is 2.10. The van der Waals surface area contributed by atoms with Crippen LogP contribution in [0.25, 0.3) is 0 Å². The molecule has 0 aromatic heterocycles. The first-order chi connectivity index (χ1) is 12.0. The monoisotopic (exact) mass is 489 g/mol. The minimum atomic E-state index is -0.162. The van der Waals surface area contributed by atoms with Crippen LogP contribution >= 0.6 is 35.7 Å². The van der Waals surface area contributed by atoms with Crippen LogP contribution in [0.2, 0.25) is 0 Å². The molecule has 0 saturated heterocycles. The Hall–Kier alpha value is -1.48. The molecule has 0 atom stereocenters. The van der Waals surface area contributed by atoms with E-state index in [1.807, 2.05) is 44.2 Å². The Morgan fingerprint density at radius 3 is 2.54 bits per heavy atom. The van der Waals surface area contributed by atoms with Crippen molar-refractivity contribution in [1.82, 2.24) is 0 Å². The molecule has 2 aromatic rings. The van der Waals surface area contributed by atoms with Gasteiger partial charge in [0.25, 0.3) is 0 Å². The number of hydrogen-bond acceptors (Lipinski definition) is 3. The Bertz CT molecular complexity index is 695. The number of nitrogens with two attached hydrogens (primary N) is 1. The van der Waals surface area contributed by atoms with E-state index in [9.17, 15) is 4.39 Å². The summed E-state index contributed by atoms with van der Waals surface area (Å²) in [5.41, 5.74) is 7.45. The lowest BCUT2D eigenvalue weighted by Gasteiger charge is -2.11. The highest BCUT2D eigenvalue weighted by molar-refractivity contribution is 14.0. The Morgan fingerprint density at radius 1 is 1.19 bits per heavy atom. The molecule has 0 spiro atoms. The third-order valence-corrected chi connectivity index (χ3v) is 4.22. The van der Waals surface area contributed by atoms with Crippen LogP contribution in [0, 0.1) is 5.82 Å². The number of aliphatic imine (C=N–C) groups is 1. The zero-order chi connectivity index (χ0) is 18.1. The second kappa shape index (κ2) is 12.0. The van der Waals surface area contributed by atoms with Crippen molar-refractivity contribution in [3.63, 3.8) is 0 Å². The average molecular weight is 489 g/mol. The molecule has 4 nitrogen and oxygen atoms in total. The number of rotatable bonds is 8. The number of benzene rings is 2. The highest BCUT2D eigenvalue weighted by Gasteiger charge is 2.01. The summed E-state index contributed by atoms with van der Waals surface area (Å²) in [4.78, 5) is 4.28. The number of nitrogens with zero attached hydrogens (tertiary/aromatic N) is 1. The molecular formula is C19H25FIN3OS. The number of hydrogen-bond donors (Lipinski definition) is 2. The van der Waals surface area contributed by atoms with Gasteiger partial charge in [-0.1, -0.05) is 18.2 Å². The van der Waals surface area contributed by atoms with E-state index < -0.39 is 0 Å². The van der Waals surface area contributed by atoms with Gasteiger partial charge in [0.1, 0.15) is 11.6 Å². The van der Waals surface area contributed by atoms with E-state index in [1.54, 1.807) is 23.9 Å². The maximum absolute atomic E-state index is 13.5. The smallest absolute Gasteiger partial charge is 0.193 e. The lowest BCUT2D eigenvalue weighted by Crippen LogP contribution is -2.23. The van der Waals surface area contributed by atoms with Crippen molar-refractivity contribution in [2.24, 2.45) is 10.7 Å². The van der Waals surface area contributed by atoms with E-state index >= 15 is 0 Å². The number of halogens is 2. The summed E-state index contributed by atoms with van der Waals surface area (Å²) < 4.78 is 19.1. The molecule has 0 bridgehead atoms. The Balaban J connectivity index is 0.00000338. The molecule has 0 saturated carbocycles. The summed E-state index contributed by atoms with van der Waals surface area (Å²) in [6, 6.07) is 14.4. The van der Waals surface area contributed by atoms with E-state index in [4.69, 9.17) is 10.5 Å². The lowest BCUT2D eigenvalue weighted by molar-refractivity contribution is 0.242. The predicted molar refractivity (Wildman–Crippen MR) is 120 cm³/mol. The summed E-state index contributed by atoms with van der Waals surface area (Å²) in [6.45, 7) is 4.55. The molecule has 142 valence electrons. The van der Waals surface area contributed by atoms with Crippen molar-refractivity contribution >= 4 is 47.4 Å². The van der Waals surface area contributed by atoms with E-state index in [2.05, 4.69) is 10.3 Å². The van der Waals surface area contributed by atoms with Crippen LogP contribution < -0.4 is 15.8 Å². The quantitative estimate of drug-likeness (QED) is 0.240. The van der Waals surface area contributed by atoms with Crippen molar-refractivity contribution in [3.8, 4) is 5.75 Å². The fraction of sp³-hybridized carbons (Fsp3) is 0.316. The first-order valence-corrected chi connectivity index (χ1v) is 9.35. The number of nitrogens with one attached hydrogen (secondary N) is 1. The van der Waals surface area contributed by atoms with E-state index in [1.165, 1.54) is 6.07 Å². The van der Waals surface area contributed by atoms with Crippen molar-refractivity contribution in [3.05, 3.63) is 59.9 Å². The van der Waals surface area contributed by atoms with E-state index in [0.717, 1.165) is 17.2 Å². The minimum absolute atomic E-state index is 0. The van der Waals surface area contributed by atoms with Crippen molar-refractivity contribution < 1.29 is 9.13 Å². The van der Waals surface area contributed by atoms with Crippen LogP contribution in [0.3, 0.4) is 0 Å². The van der Waals surface area contributed by atoms with Crippen LogP contribution in [-0.2, 0) is 5.75 Å². The van der Waals surface area contributed by atoms with Gasteiger partial charge in [0.05, 0.1) is 12.6 Å². The van der Waals surface area contributed by atoms with Gasteiger partial charge in [-0.2, -0.15) is 11.8 Å². The lowest BCUT2D eigenvalue weighted by atomic mass is 10.2. The van der Waals surface area contributed by atoms with Crippen LogP contribution in [0.5, 0.6) is 5.75 Å². The maximum atomic E-state index is 13.5. The first kappa shape index (κ1) is 22.6. The second-order valence-corrected chi connectivity index (χ2v) is 6.83. The Kier molecular flexibility index (Phi) is 10.4. The zero-order valence-electron chi connectivity index (χ0n) is 14.9. The third kappa shape index (κ3) is 8.27. The van der Waals surface area contributed by atoms with Gasteiger partial charge >= 0.3 is 0 Å². The molecule has 7 heteroatoms. The highest BCUT2D eigenvalue weighted by atomic mass is 127. The predicted octanol–water partition coefficient (Wildman–Crippen LogP) is 4.89. The highest BCUT2D eigenvalue weighted by Crippen LogP contribution is 2.17. The molecule has 0 fully saturated rings. The van der Waals surface area contributed by atoms with Gasteiger partial charge in [-0.05, 0) is 49.7 Å². The zero-order valence-corrected chi connectivity index (χ0v) is 18.1.